The van der Waals surface area contributed by atoms with Crippen LogP contribution in [-0.2, 0) is 0 Å². The van der Waals surface area contributed by atoms with Crippen molar-refractivity contribution in [3.63, 3.8) is 0 Å². The topological polar surface area (TPSA) is 12.0 Å². The zero-order valence-electron chi connectivity index (χ0n) is 8.81. The maximum atomic E-state index is 5.14. The molecule has 0 aliphatic rings. The molecule has 0 aromatic carbocycles. The van der Waals surface area contributed by atoms with Crippen molar-refractivity contribution in [2.75, 3.05) is 24.6 Å². The van der Waals surface area contributed by atoms with E-state index < -0.39 is 0 Å². The third kappa shape index (κ3) is 8.21. The van der Waals surface area contributed by atoms with Crippen LogP contribution < -0.4 is 5.32 Å². The van der Waals surface area contributed by atoms with Crippen molar-refractivity contribution in [1.82, 2.24) is 5.32 Å². The molecule has 76 valence electrons. The summed E-state index contributed by atoms with van der Waals surface area (Å²) in [4.78, 5) is 0. The van der Waals surface area contributed by atoms with Gasteiger partial charge >= 0.3 is 0 Å². The van der Waals surface area contributed by atoms with Gasteiger partial charge in [-0.1, -0.05) is 32.6 Å². The molecule has 0 saturated carbocycles. The molecule has 1 N–H and O–H groups in total. The van der Waals surface area contributed by atoms with Gasteiger partial charge in [-0.3, -0.25) is 0 Å². The van der Waals surface area contributed by atoms with Gasteiger partial charge in [-0.2, -0.15) is 0 Å². The summed E-state index contributed by atoms with van der Waals surface area (Å²) in [6, 6.07) is 0. The van der Waals surface area contributed by atoms with Gasteiger partial charge in [-0.05, 0) is 12.5 Å². The lowest BCUT2D eigenvalue weighted by atomic mass is 10.0. The van der Waals surface area contributed by atoms with Crippen LogP contribution in [0.3, 0.4) is 0 Å². The molecular formula is C11H21NS. The minimum atomic E-state index is 0.840. The van der Waals surface area contributed by atoms with Crippen LogP contribution in [0.4, 0.5) is 0 Å². The highest BCUT2D eigenvalue weighted by atomic mass is 32.2. The molecule has 0 fully saturated rings. The maximum Gasteiger partial charge on any atom is 0.0545 e. The van der Waals surface area contributed by atoms with Crippen molar-refractivity contribution in [3.8, 4) is 12.3 Å². The molecule has 1 nitrogen and oxygen atoms in total. The standard InChI is InChI=1S/C11H21NS/c1-4-8-13-9-7-12-10-11(5-2)6-3/h1,11-12H,5-10H2,2-3H3. The second-order valence-electron chi connectivity index (χ2n) is 3.14. The molecular weight excluding hydrogens is 178 g/mol. The maximum absolute atomic E-state index is 5.14. The first-order chi connectivity index (χ1) is 6.35. The number of nitrogens with one attached hydrogen (secondary N) is 1. The van der Waals surface area contributed by atoms with E-state index in [-0.39, 0.29) is 0 Å². The molecule has 0 heterocycles. The van der Waals surface area contributed by atoms with Gasteiger partial charge < -0.3 is 5.32 Å². The summed E-state index contributed by atoms with van der Waals surface area (Å²) in [6.45, 7) is 6.75. The fourth-order valence-electron chi connectivity index (χ4n) is 1.16. The van der Waals surface area contributed by atoms with Gasteiger partial charge in [0.1, 0.15) is 0 Å². The Hall–Kier alpha value is -0.130. The third-order valence-corrected chi connectivity index (χ3v) is 3.06. The minimum Gasteiger partial charge on any atom is -0.316 e. The molecule has 0 radical (unpaired) electrons. The molecule has 13 heavy (non-hydrogen) atoms. The largest absolute Gasteiger partial charge is 0.316 e. The van der Waals surface area contributed by atoms with E-state index >= 15 is 0 Å². The van der Waals surface area contributed by atoms with Crippen molar-refractivity contribution in [1.29, 1.82) is 0 Å². The fourth-order valence-corrected chi connectivity index (χ4v) is 1.71. The first-order valence-corrected chi connectivity index (χ1v) is 6.22. The van der Waals surface area contributed by atoms with Gasteiger partial charge in [0.05, 0.1) is 5.75 Å². The number of hydrogen-bond acceptors (Lipinski definition) is 2. The monoisotopic (exact) mass is 199 g/mol. The highest BCUT2D eigenvalue weighted by Crippen LogP contribution is 2.05. The summed E-state index contributed by atoms with van der Waals surface area (Å²) in [7, 11) is 0. The predicted molar refractivity (Wildman–Crippen MR) is 63.1 cm³/mol. The molecule has 0 aliphatic heterocycles. The molecule has 0 spiro atoms. The van der Waals surface area contributed by atoms with E-state index in [9.17, 15) is 0 Å². The summed E-state index contributed by atoms with van der Waals surface area (Å²) >= 11 is 1.82. The van der Waals surface area contributed by atoms with E-state index in [1.807, 2.05) is 11.8 Å². The Bertz CT molecular complexity index is 136. The first kappa shape index (κ1) is 12.9. The van der Waals surface area contributed by atoms with E-state index in [2.05, 4.69) is 25.1 Å². The average molecular weight is 199 g/mol. The predicted octanol–water partition coefficient (Wildman–Crippen LogP) is 2.38. The SMILES string of the molecule is C#CCSCCNCC(CC)CC. The quantitative estimate of drug-likeness (QED) is 0.476. The Morgan fingerprint density at radius 3 is 2.62 bits per heavy atom. The van der Waals surface area contributed by atoms with Crippen molar-refractivity contribution < 1.29 is 0 Å². The van der Waals surface area contributed by atoms with Crippen LogP contribution in [0.25, 0.3) is 0 Å². The Balaban J connectivity index is 3.11. The second kappa shape index (κ2) is 9.95. The number of rotatable bonds is 8. The van der Waals surface area contributed by atoms with Crippen LogP contribution in [-0.4, -0.2) is 24.6 Å². The third-order valence-electron chi connectivity index (χ3n) is 2.20. The van der Waals surface area contributed by atoms with Gasteiger partial charge in [0.25, 0.3) is 0 Å². The lowest BCUT2D eigenvalue weighted by Gasteiger charge is -2.12. The summed E-state index contributed by atoms with van der Waals surface area (Å²) in [5.41, 5.74) is 0. The van der Waals surface area contributed by atoms with Gasteiger partial charge in [0.15, 0.2) is 0 Å². The Kier molecular flexibility index (Phi) is 9.85. The average Bonchev–Trinajstić information content (AvgIpc) is 2.17. The lowest BCUT2D eigenvalue weighted by molar-refractivity contribution is 0.457. The Morgan fingerprint density at radius 1 is 1.38 bits per heavy atom. The van der Waals surface area contributed by atoms with Crippen LogP contribution in [0, 0.1) is 18.3 Å². The summed E-state index contributed by atoms with van der Waals surface area (Å²) in [6.07, 6.45) is 7.70. The van der Waals surface area contributed by atoms with Crippen molar-refractivity contribution in [2.45, 2.75) is 26.7 Å². The molecule has 0 bridgehead atoms. The number of thioether (sulfide) groups is 1. The molecule has 2 heteroatoms. The molecule has 0 aliphatic carbocycles. The van der Waals surface area contributed by atoms with Gasteiger partial charge in [-0.15, -0.1) is 18.2 Å². The minimum absolute atomic E-state index is 0.840. The Morgan fingerprint density at radius 2 is 2.08 bits per heavy atom. The van der Waals surface area contributed by atoms with Crippen molar-refractivity contribution in [3.05, 3.63) is 0 Å². The van der Waals surface area contributed by atoms with E-state index in [1.54, 1.807) is 0 Å². The van der Waals surface area contributed by atoms with Crippen LogP contribution in [0.15, 0.2) is 0 Å². The summed E-state index contributed by atoms with van der Waals surface area (Å²) < 4.78 is 0. The number of hydrogen-bond donors (Lipinski definition) is 1. The zero-order valence-corrected chi connectivity index (χ0v) is 9.62. The van der Waals surface area contributed by atoms with E-state index in [0.717, 1.165) is 30.5 Å². The Labute approximate surface area is 87.1 Å². The second-order valence-corrected chi connectivity index (χ2v) is 4.25. The normalized spacial score (nSPS) is 10.3. The molecule has 0 saturated heterocycles. The highest BCUT2D eigenvalue weighted by molar-refractivity contribution is 7.99. The molecule has 0 atom stereocenters. The van der Waals surface area contributed by atoms with Gasteiger partial charge in [0.2, 0.25) is 0 Å². The van der Waals surface area contributed by atoms with E-state index in [0.29, 0.717) is 0 Å². The van der Waals surface area contributed by atoms with Crippen LogP contribution in [0.1, 0.15) is 26.7 Å². The smallest absolute Gasteiger partial charge is 0.0545 e. The summed E-state index contributed by atoms with van der Waals surface area (Å²) in [5.74, 6) is 5.44. The molecule has 0 aromatic heterocycles. The summed E-state index contributed by atoms with van der Waals surface area (Å²) in [5, 5.41) is 3.46. The number of terminal acetylenes is 1. The van der Waals surface area contributed by atoms with Gasteiger partial charge in [-0.25, -0.2) is 0 Å². The first-order valence-electron chi connectivity index (χ1n) is 5.07. The molecule has 0 aromatic rings. The molecule has 0 unspecified atom stereocenters. The van der Waals surface area contributed by atoms with Crippen molar-refractivity contribution in [2.24, 2.45) is 5.92 Å². The van der Waals surface area contributed by atoms with Crippen LogP contribution in [0.2, 0.25) is 0 Å². The lowest BCUT2D eigenvalue weighted by Crippen LogP contribution is -2.24. The van der Waals surface area contributed by atoms with Crippen LogP contribution in [0.5, 0.6) is 0 Å². The van der Waals surface area contributed by atoms with E-state index in [4.69, 9.17) is 6.42 Å². The molecule has 0 amide bonds. The van der Waals surface area contributed by atoms with Crippen molar-refractivity contribution >= 4 is 11.8 Å². The zero-order chi connectivity index (χ0) is 9.94. The van der Waals surface area contributed by atoms with E-state index in [1.165, 1.54) is 12.8 Å². The van der Waals surface area contributed by atoms with Crippen LogP contribution >= 0.6 is 11.8 Å². The highest BCUT2D eigenvalue weighted by Gasteiger charge is 2.00. The molecule has 0 rings (SSSR count). The van der Waals surface area contributed by atoms with Gasteiger partial charge in [0, 0.05) is 12.3 Å². The fraction of sp³-hybridized carbons (Fsp3) is 0.818.